The minimum atomic E-state index is -1.04. The fourth-order valence-corrected chi connectivity index (χ4v) is 2.19. The number of carbonyl (C=O) groups is 3. The molecule has 9 nitrogen and oxygen atoms in total. The highest BCUT2D eigenvalue weighted by atomic mass is 16.6. The Morgan fingerprint density at radius 3 is 2.60 bits per heavy atom. The first-order valence-corrected chi connectivity index (χ1v) is 7.73. The summed E-state index contributed by atoms with van der Waals surface area (Å²) < 4.78 is 4.85. The Hall–Kier alpha value is -2.97. The van der Waals surface area contributed by atoms with Crippen molar-refractivity contribution in [3.8, 4) is 0 Å². The number of nitrogens with zero attached hydrogens (tertiary/aromatic N) is 1. The van der Waals surface area contributed by atoms with E-state index in [-0.39, 0.29) is 25.1 Å². The fraction of sp³-hybridized carbons (Fsp3) is 0.438. The lowest BCUT2D eigenvalue weighted by Crippen LogP contribution is -2.46. The zero-order chi connectivity index (χ0) is 19.0. The highest BCUT2D eigenvalue weighted by molar-refractivity contribution is 5.88. The van der Waals surface area contributed by atoms with Crippen LogP contribution in [0, 0.1) is 16.0 Å². The number of benzene rings is 1. The second-order valence-corrected chi connectivity index (χ2v) is 5.52. The summed E-state index contributed by atoms with van der Waals surface area (Å²) in [6, 6.07) is 4.59. The predicted octanol–water partition coefficient (Wildman–Crippen LogP) is 0.697. The normalized spacial score (nSPS) is 12.7. The van der Waals surface area contributed by atoms with Crippen LogP contribution in [0.3, 0.4) is 0 Å². The van der Waals surface area contributed by atoms with Crippen molar-refractivity contribution >= 4 is 23.5 Å². The van der Waals surface area contributed by atoms with Crippen LogP contribution in [0.25, 0.3) is 0 Å². The van der Waals surface area contributed by atoms with Crippen molar-refractivity contribution in [3.05, 3.63) is 39.9 Å². The topological polar surface area (TPSA) is 142 Å². The van der Waals surface area contributed by atoms with Gasteiger partial charge in [0.1, 0.15) is 6.04 Å². The van der Waals surface area contributed by atoms with Crippen LogP contribution in [0.4, 0.5) is 5.69 Å². The maximum absolute atomic E-state index is 12.1. The van der Waals surface area contributed by atoms with E-state index in [1.165, 1.54) is 18.2 Å². The van der Waals surface area contributed by atoms with Gasteiger partial charge < -0.3 is 15.8 Å². The molecule has 0 aromatic heterocycles. The molecule has 0 saturated heterocycles. The van der Waals surface area contributed by atoms with Crippen molar-refractivity contribution in [2.24, 2.45) is 11.7 Å². The van der Waals surface area contributed by atoms with E-state index in [9.17, 15) is 24.5 Å². The summed E-state index contributed by atoms with van der Waals surface area (Å²) in [7, 11) is 0. The van der Waals surface area contributed by atoms with E-state index >= 15 is 0 Å². The molecular weight excluding hydrogens is 330 g/mol. The van der Waals surface area contributed by atoms with E-state index in [0.717, 1.165) is 0 Å². The summed E-state index contributed by atoms with van der Waals surface area (Å²) in [5.74, 6) is -2.40. The van der Waals surface area contributed by atoms with Gasteiger partial charge in [-0.25, -0.2) is 0 Å². The van der Waals surface area contributed by atoms with Gasteiger partial charge in [-0.1, -0.05) is 19.1 Å². The Morgan fingerprint density at radius 2 is 2.04 bits per heavy atom. The van der Waals surface area contributed by atoms with Gasteiger partial charge >= 0.3 is 5.97 Å². The number of primary amides is 1. The number of rotatable bonds is 9. The van der Waals surface area contributed by atoms with Gasteiger partial charge in [-0.15, -0.1) is 0 Å². The SMILES string of the molecule is CCOC(=O)[C@@H](C)C[C@@H](NC(=O)Cc1cccc([N+](=O)[O-])c1)C(N)=O. The highest BCUT2D eigenvalue weighted by Gasteiger charge is 2.25. The fourth-order valence-electron chi connectivity index (χ4n) is 2.19. The van der Waals surface area contributed by atoms with Crippen molar-refractivity contribution < 1.29 is 24.0 Å². The van der Waals surface area contributed by atoms with Crippen LogP contribution in [-0.4, -0.2) is 35.4 Å². The molecule has 1 rings (SSSR count). The van der Waals surface area contributed by atoms with E-state index in [1.54, 1.807) is 19.9 Å². The predicted molar refractivity (Wildman–Crippen MR) is 88.3 cm³/mol. The van der Waals surface area contributed by atoms with Gasteiger partial charge in [-0.2, -0.15) is 0 Å². The molecule has 0 spiro atoms. The average molecular weight is 351 g/mol. The summed E-state index contributed by atoms with van der Waals surface area (Å²) in [4.78, 5) is 45.4. The molecule has 0 heterocycles. The van der Waals surface area contributed by atoms with Crippen molar-refractivity contribution in [2.45, 2.75) is 32.7 Å². The first kappa shape index (κ1) is 20.1. The van der Waals surface area contributed by atoms with Gasteiger partial charge in [0.05, 0.1) is 23.9 Å². The molecule has 3 N–H and O–H groups in total. The van der Waals surface area contributed by atoms with Crippen LogP contribution < -0.4 is 11.1 Å². The number of hydrogen-bond acceptors (Lipinski definition) is 6. The lowest BCUT2D eigenvalue weighted by atomic mass is 10.0. The zero-order valence-corrected chi connectivity index (χ0v) is 14.1. The molecule has 0 aliphatic carbocycles. The minimum Gasteiger partial charge on any atom is -0.466 e. The molecule has 1 aromatic carbocycles. The Kier molecular flexibility index (Phi) is 7.51. The van der Waals surface area contributed by atoms with E-state index in [2.05, 4.69) is 5.32 Å². The van der Waals surface area contributed by atoms with Crippen LogP contribution in [0.5, 0.6) is 0 Å². The average Bonchev–Trinajstić information content (AvgIpc) is 2.54. The third kappa shape index (κ3) is 6.58. The van der Waals surface area contributed by atoms with Crippen LogP contribution in [0.1, 0.15) is 25.8 Å². The highest BCUT2D eigenvalue weighted by Crippen LogP contribution is 2.14. The number of carbonyl (C=O) groups excluding carboxylic acids is 3. The first-order valence-electron chi connectivity index (χ1n) is 7.73. The van der Waals surface area contributed by atoms with Crippen LogP contribution >= 0.6 is 0 Å². The third-order valence-electron chi connectivity index (χ3n) is 3.44. The number of non-ortho nitro benzene ring substituents is 1. The first-order chi connectivity index (χ1) is 11.7. The standard InChI is InChI=1S/C16H21N3O6/c1-3-25-16(22)10(2)7-13(15(17)21)18-14(20)9-11-5-4-6-12(8-11)19(23)24/h4-6,8,10,13H,3,7,9H2,1-2H3,(H2,17,21)(H,18,20)/t10-,13+/m0/s1. The summed E-state index contributed by atoms with van der Waals surface area (Å²) in [6.07, 6.45) is -0.145. The second-order valence-electron chi connectivity index (χ2n) is 5.52. The van der Waals surface area contributed by atoms with Crippen LogP contribution in [0.2, 0.25) is 0 Å². The molecular formula is C16H21N3O6. The Morgan fingerprint density at radius 1 is 1.36 bits per heavy atom. The van der Waals surface area contributed by atoms with Crippen LogP contribution in [0.15, 0.2) is 24.3 Å². The van der Waals surface area contributed by atoms with Gasteiger partial charge in [-0.3, -0.25) is 24.5 Å². The summed E-state index contributed by atoms with van der Waals surface area (Å²) in [5.41, 5.74) is 5.56. The summed E-state index contributed by atoms with van der Waals surface area (Å²) in [5, 5.41) is 13.2. The maximum Gasteiger partial charge on any atom is 0.308 e. The Bertz CT molecular complexity index is 661. The van der Waals surface area contributed by atoms with Crippen molar-refractivity contribution in [1.29, 1.82) is 0 Å². The van der Waals surface area contributed by atoms with Gasteiger partial charge in [0.15, 0.2) is 0 Å². The van der Waals surface area contributed by atoms with E-state index in [4.69, 9.17) is 10.5 Å². The van der Waals surface area contributed by atoms with E-state index < -0.39 is 34.7 Å². The number of amides is 2. The van der Waals surface area contributed by atoms with E-state index in [0.29, 0.717) is 5.56 Å². The van der Waals surface area contributed by atoms with Gasteiger partial charge in [0, 0.05) is 12.1 Å². The van der Waals surface area contributed by atoms with Crippen molar-refractivity contribution in [1.82, 2.24) is 5.32 Å². The molecule has 0 saturated carbocycles. The van der Waals surface area contributed by atoms with E-state index in [1.807, 2.05) is 0 Å². The molecule has 0 unspecified atom stereocenters. The molecule has 2 atom stereocenters. The van der Waals surface area contributed by atoms with Crippen molar-refractivity contribution in [3.63, 3.8) is 0 Å². The van der Waals surface area contributed by atoms with Crippen molar-refractivity contribution in [2.75, 3.05) is 6.61 Å². The van der Waals surface area contributed by atoms with Gasteiger partial charge in [0.2, 0.25) is 11.8 Å². The molecule has 2 amide bonds. The minimum absolute atomic E-state index is 0.00877. The molecule has 0 radical (unpaired) electrons. The molecule has 0 bridgehead atoms. The molecule has 1 aromatic rings. The number of nitrogens with two attached hydrogens (primary N) is 1. The number of nitro benzene ring substituents is 1. The zero-order valence-electron chi connectivity index (χ0n) is 14.1. The molecule has 0 aliphatic heterocycles. The number of nitrogens with one attached hydrogen (secondary N) is 1. The second kappa shape index (κ2) is 9.36. The van der Waals surface area contributed by atoms with Crippen LogP contribution in [-0.2, 0) is 25.5 Å². The number of hydrogen-bond donors (Lipinski definition) is 2. The molecule has 0 fully saturated rings. The quantitative estimate of drug-likeness (QED) is 0.381. The molecule has 136 valence electrons. The van der Waals surface area contributed by atoms with Gasteiger partial charge in [0.25, 0.3) is 5.69 Å². The lowest BCUT2D eigenvalue weighted by molar-refractivity contribution is -0.384. The molecule has 25 heavy (non-hydrogen) atoms. The third-order valence-corrected chi connectivity index (χ3v) is 3.44. The summed E-state index contributed by atoms with van der Waals surface area (Å²) in [6.45, 7) is 3.45. The Labute approximate surface area is 144 Å². The monoisotopic (exact) mass is 351 g/mol. The maximum atomic E-state index is 12.1. The Balaban J connectivity index is 2.70. The molecule has 0 aliphatic rings. The number of ether oxygens (including phenoxy) is 1. The number of nitro groups is 1. The lowest BCUT2D eigenvalue weighted by Gasteiger charge is -2.18. The smallest absolute Gasteiger partial charge is 0.308 e. The van der Waals surface area contributed by atoms with Gasteiger partial charge in [-0.05, 0) is 18.9 Å². The largest absolute Gasteiger partial charge is 0.466 e. The molecule has 9 heteroatoms. The summed E-state index contributed by atoms with van der Waals surface area (Å²) >= 11 is 0. The number of esters is 1.